The molecule has 1 amide bonds. The van der Waals surface area contributed by atoms with Crippen LogP contribution in [0.2, 0.25) is 0 Å². The molecule has 0 fully saturated rings. The van der Waals surface area contributed by atoms with E-state index in [0.717, 1.165) is 17.8 Å². The molecule has 0 aromatic heterocycles. The Kier molecular flexibility index (Phi) is 9.23. The predicted molar refractivity (Wildman–Crippen MR) is 123 cm³/mol. The van der Waals surface area contributed by atoms with Crippen molar-refractivity contribution in [1.82, 2.24) is 0 Å². The average Bonchev–Trinajstić information content (AvgIpc) is 2.77. The molecule has 0 aliphatic rings. The van der Waals surface area contributed by atoms with E-state index in [1.807, 2.05) is 4.90 Å². The zero-order valence-electron chi connectivity index (χ0n) is 17.6. The van der Waals surface area contributed by atoms with Gasteiger partial charge < -0.3 is 20.1 Å². The van der Waals surface area contributed by atoms with Gasteiger partial charge in [-0.2, -0.15) is 13.2 Å². The molecule has 0 heterocycles. The summed E-state index contributed by atoms with van der Waals surface area (Å²) in [6, 6.07) is 9.62. The van der Waals surface area contributed by atoms with Crippen LogP contribution in [0.1, 0.15) is 12.5 Å². The summed E-state index contributed by atoms with van der Waals surface area (Å²) in [5, 5.41) is 12.7. The van der Waals surface area contributed by atoms with E-state index < -0.39 is 35.5 Å². The van der Waals surface area contributed by atoms with Crippen LogP contribution in [-0.2, 0) is 11.0 Å². The topological polar surface area (TPSA) is 66.2 Å². The Balaban J connectivity index is 2.04. The van der Waals surface area contributed by atoms with Gasteiger partial charge in [0, 0.05) is 36.2 Å². The molecule has 0 saturated heterocycles. The van der Waals surface area contributed by atoms with Gasteiger partial charge in [-0.25, -0.2) is 4.85 Å². The van der Waals surface area contributed by atoms with E-state index in [9.17, 15) is 23.1 Å². The zero-order valence-corrected chi connectivity index (χ0v) is 19.1. The van der Waals surface area contributed by atoms with Crippen LogP contribution in [0.5, 0.6) is 5.75 Å². The molecule has 2 rings (SSSR count). The Hall–Kier alpha value is -2.67. The number of anilines is 2. The maximum absolute atomic E-state index is 13.1. The molecule has 2 N–H and O–H groups in total. The average molecular weight is 504 g/mol. The number of hydrogen-bond donors (Lipinski definition) is 2. The van der Waals surface area contributed by atoms with Crippen LogP contribution < -0.4 is 15.0 Å². The van der Waals surface area contributed by atoms with Gasteiger partial charge in [0.05, 0.1) is 12.1 Å². The zero-order chi connectivity index (χ0) is 24.6. The molecule has 2 aromatic rings. The van der Waals surface area contributed by atoms with Crippen molar-refractivity contribution in [2.24, 2.45) is 0 Å². The molecule has 11 heteroatoms. The highest BCUT2D eigenvalue weighted by atomic mass is 35.5. The number of amides is 1. The number of aliphatic hydroxyl groups is 1. The van der Waals surface area contributed by atoms with E-state index in [4.69, 9.17) is 34.5 Å². The molecule has 0 bridgehead atoms. The van der Waals surface area contributed by atoms with Crippen LogP contribution in [0, 0.1) is 6.57 Å². The number of hydrogen-bond acceptors (Lipinski definition) is 4. The molecule has 0 saturated carbocycles. The molecule has 0 aliphatic heterocycles. The molecule has 0 spiro atoms. The number of halogens is 5. The highest BCUT2D eigenvalue weighted by Crippen LogP contribution is 2.38. The summed E-state index contributed by atoms with van der Waals surface area (Å²) in [5.74, 6) is 0.276. The largest absolute Gasteiger partial charge is 0.490 e. The van der Waals surface area contributed by atoms with Crippen LogP contribution in [0.4, 0.5) is 30.2 Å². The van der Waals surface area contributed by atoms with Crippen molar-refractivity contribution < 1.29 is 27.8 Å². The Morgan fingerprint density at radius 2 is 1.76 bits per heavy atom. The van der Waals surface area contributed by atoms with E-state index in [1.54, 1.807) is 24.3 Å². The summed E-state index contributed by atoms with van der Waals surface area (Å²) < 4.78 is 44.9. The number of rotatable bonds is 10. The third-order valence-electron chi connectivity index (χ3n) is 4.60. The summed E-state index contributed by atoms with van der Waals surface area (Å²) in [6.07, 6.45) is -4.76. The first-order valence-corrected chi connectivity index (χ1v) is 10.8. The minimum atomic E-state index is -4.76. The van der Waals surface area contributed by atoms with Crippen LogP contribution in [-0.4, -0.2) is 48.1 Å². The standard InChI is InChI=1S/C22H22Cl2F3N3O3/c1-21(32,14-33-17-6-4-16(5-7-17)30(11-9-23)12-10-24)20(31)29-15-3-8-19(28-2)18(13-15)22(25,26)27/h3-8,13,32H,9-12,14H2,1H3,(H,29,31)/t21-/m0/s1. The number of alkyl halides is 5. The third kappa shape index (κ3) is 7.42. The minimum Gasteiger partial charge on any atom is -0.490 e. The molecular weight excluding hydrogens is 482 g/mol. The van der Waals surface area contributed by atoms with Gasteiger partial charge in [-0.3, -0.25) is 4.79 Å². The van der Waals surface area contributed by atoms with Gasteiger partial charge >= 0.3 is 6.18 Å². The minimum absolute atomic E-state index is 0.206. The van der Waals surface area contributed by atoms with Crippen LogP contribution in [0.3, 0.4) is 0 Å². The van der Waals surface area contributed by atoms with Crippen molar-refractivity contribution in [1.29, 1.82) is 0 Å². The van der Waals surface area contributed by atoms with Gasteiger partial charge in [-0.15, -0.1) is 23.2 Å². The van der Waals surface area contributed by atoms with Gasteiger partial charge in [0.25, 0.3) is 5.91 Å². The van der Waals surface area contributed by atoms with Gasteiger partial charge in [-0.05, 0) is 43.3 Å². The first kappa shape index (κ1) is 26.6. The van der Waals surface area contributed by atoms with Crippen molar-refractivity contribution in [3.63, 3.8) is 0 Å². The van der Waals surface area contributed by atoms with Gasteiger partial charge in [0.2, 0.25) is 0 Å². The number of ether oxygens (including phenoxy) is 1. The van der Waals surface area contributed by atoms with Gasteiger partial charge in [0.1, 0.15) is 12.4 Å². The molecule has 6 nitrogen and oxygen atoms in total. The number of carbonyl (C=O) groups excluding carboxylic acids is 1. The first-order chi connectivity index (χ1) is 15.5. The fraction of sp³-hybridized carbons (Fsp3) is 0.364. The summed E-state index contributed by atoms with van der Waals surface area (Å²) in [7, 11) is 0. The normalized spacial score (nSPS) is 13.0. The van der Waals surface area contributed by atoms with Crippen molar-refractivity contribution in [3.8, 4) is 5.75 Å². The lowest BCUT2D eigenvalue weighted by Crippen LogP contribution is -2.45. The SMILES string of the molecule is [C-]#[N+]c1ccc(NC(=O)[C@@](C)(O)COc2ccc(N(CCCl)CCCl)cc2)cc1C(F)(F)F. The maximum atomic E-state index is 13.1. The van der Waals surface area contributed by atoms with E-state index in [0.29, 0.717) is 36.7 Å². The van der Waals surface area contributed by atoms with E-state index in [2.05, 4.69) is 10.2 Å². The van der Waals surface area contributed by atoms with Crippen molar-refractivity contribution in [2.45, 2.75) is 18.7 Å². The molecule has 178 valence electrons. The number of nitrogens with zero attached hydrogens (tertiary/aromatic N) is 2. The smallest absolute Gasteiger partial charge is 0.407 e. The fourth-order valence-electron chi connectivity index (χ4n) is 2.82. The van der Waals surface area contributed by atoms with E-state index >= 15 is 0 Å². The highest BCUT2D eigenvalue weighted by Gasteiger charge is 2.35. The summed E-state index contributed by atoms with van der Waals surface area (Å²) in [5.41, 5.74) is -3.14. The van der Waals surface area contributed by atoms with Crippen LogP contribution in [0.25, 0.3) is 4.85 Å². The second kappa shape index (κ2) is 11.5. The van der Waals surface area contributed by atoms with E-state index in [-0.39, 0.29) is 5.69 Å². The van der Waals surface area contributed by atoms with Gasteiger partial charge in [0.15, 0.2) is 11.3 Å². The molecule has 1 atom stereocenters. The Bertz CT molecular complexity index is 987. The third-order valence-corrected chi connectivity index (χ3v) is 4.94. The summed E-state index contributed by atoms with van der Waals surface area (Å²) in [6.45, 7) is 8.80. The lowest BCUT2D eigenvalue weighted by molar-refractivity contribution is -0.137. The lowest BCUT2D eigenvalue weighted by atomic mass is 10.1. The summed E-state index contributed by atoms with van der Waals surface area (Å²) >= 11 is 11.6. The van der Waals surface area contributed by atoms with Crippen molar-refractivity contribution in [2.75, 3.05) is 41.7 Å². The predicted octanol–water partition coefficient (Wildman–Crippen LogP) is 5.31. The highest BCUT2D eigenvalue weighted by molar-refractivity contribution is 6.18. The van der Waals surface area contributed by atoms with Crippen molar-refractivity contribution >= 4 is 46.2 Å². The van der Waals surface area contributed by atoms with Crippen molar-refractivity contribution in [3.05, 3.63) is 59.4 Å². The Labute approximate surface area is 199 Å². The number of benzene rings is 2. The van der Waals surface area contributed by atoms with Crippen LogP contribution >= 0.6 is 23.2 Å². The lowest BCUT2D eigenvalue weighted by Gasteiger charge is -2.24. The summed E-state index contributed by atoms with van der Waals surface area (Å²) in [4.78, 5) is 17.3. The fourth-order valence-corrected chi connectivity index (χ4v) is 3.23. The number of carbonyl (C=O) groups is 1. The van der Waals surface area contributed by atoms with E-state index in [1.165, 1.54) is 6.92 Å². The monoisotopic (exact) mass is 503 g/mol. The molecular formula is C22H22Cl2F3N3O3. The Morgan fingerprint density at radius 1 is 1.15 bits per heavy atom. The molecule has 0 aliphatic carbocycles. The maximum Gasteiger partial charge on any atom is 0.407 e. The second-order valence-corrected chi connectivity index (χ2v) is 7.97. The molecule has 0 radical (unpaired) electrons. The quantitative estimate of drug-likeness (QED) is 0.340. The number of nitrogens with one attached hydrogen (secondary N) is 1. The molecule has 0 unspecified atom stereocenters. The van der Waals surface area contributed by atoms with Crippen LogP contribution in [0.15, 0.2) is 42.5 Å². The second-order valence-electron chi connectivity index (χ2n) is 7.22. The Morgan fingerprint density at radius 3 is 2.27 bits per heavy atom. The molecule has 33 heavy (non-hydrogen) atoms. The first-order valence-electron chi connectivity index (χ1n) is 9.74. The van der Waals surface area contributed by atoms with Gasteiger partial charge in [-0.1, -0.05) is 6.07 Å². The molecule has 2 aromatic carbocycles.